The Bertz CT molecular complexity index is 469. The molecule has 1 aliphatic rings. The van der Waals surface area contributed by atoms with Crippen LogP contribution in [-0.4, -0.2) is 40.9 Å². The van der Waals surface area contributed by atoms with Crippen LogP contribution in [0, 0.1) is 11.8 Å². The summed E-state index contributed by atoms with van der Waals surface area (Å²) in [6.45, 7) is 2.02. The van der Waals surface area contributed by atoms with Gasteiger partial charge in [0.1, 0.15) is 0 Å². The fourth-order valence-electron chi connectivity index (χ4n) is 2.92. The first-order chi connectivity index (χ1) is 10.3. The van der Waals surface area contributed by atoms with Crippen molar-refractivity contribution < 1.29 is 10.2 Å². The van der Waals surface area contributed by atoms with Crippen LogP contribution in [0.3, 0.4) is 0 Å². The van der Waals surface area contributed by atoms with Gasteiger partial charge in [0, 0.05) is 41.4 Å². The highest BCUT2D eigenvalue weighted by Gasteiger charge is 2.21. The zero-order valence-corrected chi connectivity index (χ0v) is 13.4. The van der Waals surface area contributed by atoms with Crippen molar-refractivity contribution in [3.8, 4) is 11.8 Å². The molecule has 0 bridgehead atoms. The number of hydrogen-bond donors (Lipinski definition) is 2. The van der Waals surface area contributed by atoms with E-state index < -0.39 is 0 Å². The van der Waals surface area contributed by atoms with Gasteiger partial charge in [0.2, 0.25) is 0 Å². The Morgan fingerprint density at radius 1 is 1.19 bits per heavy atom. The van der Waals surface area contributed by atoms with E-state index in [4.69, 9.17) is 5.11 Å². The van der Waals surface area contributed by atoms with Crippen LogP contribution in [-0.2, 0) is 6.54 Å². The lowest BCUT2D eigenvalue weighted by molar-refractivity contribution is 0.118. The molecule has 21 heavy (non-hydrogen) atoms. The quantitative estimate of drug-likeness (QED) is 0.794. The standard InChI is InChI=1S/C17H25NO2S/c19-10-5-4-6-15-12-17(21-14-15)13-18(9-11-20)16-7-2-1-3-8-16/h12,14,16,19-20H,1-3,5,7-11,13H2. The first-order valence-corrected chi connectivity index (χ1v) is 8.73. The lowest BCUT2D eigenvalue weighted by Gasteiger charge is -2.33. The summed E-state index contributed by atoms with van der Waals surface area (Å²) in [5.41, 5.74) is 1.04. The van der Waals surface area contributed by atoms with E-state index in [1.165, 1.54) is 37.0 Å². The molecule has 1 aliphatic carbocycles. The number of nitrogens with zero attached hydrogens (tertiary/aromatic N) is 1. The Morgan fingerprint density at radius 3 is 2.71 bits per heavy atom. The number of thiophene rings is 1. The summed E-state index contributed by atoms with van der Waals surface area (Å²) in [6, 6.07) is 2.76. The molecule has 0 unspecified atom stereocenters. The van der Waals surface area contributed by atoms with E-state index in [0.717, 1.165) is 18.7 Å². The Balaban J connectivity index is 1.95. The fraction of sp³-hybridized carbons (Fsp3) is 0.647. The normalized spacial score (nSPS) is 16.0. The van der Waals surface area contributed by atoms with Gasteiger partial charge in [-0.2, -0.15) is 0 Å². The third kappa shape index (κ3) is 5.44. The molecule has 1 heterocycles. The average molecular weight is 307 g/mol. The zero-order chi connectivity index (χ0) is 14.9. The summed E-state index contributed by atoms with van der Waals surface area (Å²) in [4.78, 5) is 3.73. The third-order valence-electron chi connectivity index (χ3n) is 3.96. The number of aliphatic hydroxyl groups excluding tert-OH is 2. The minimum atomic E-state index is 0.121. The van der Waals surface area contributed by atoms with Gasteiger partial charge >= 0.3 is 0 Å². The number of hydrogen-bond acceptors (Lipinski definition) is 4. The Kier molecular flexibility index (Phi) is 7.25. The Hall–Kier alpha value is -0.860. The second kappa shape index (κ2) is 9.22. The largest absolute Gasteiger partial charge is 0.395 e. The predicted molar refractivity (Wildman–Crippen MR) is 87.3 cm³/mol. The highest BCUT2D eigenvalue weighted by Crippen LogP contribution is 2.25. The molecule has 0 atom stereocenters. The summed E-state index contributed by atoms with van der Waals surface area (Å²) >= 11 is 1.74. The molecule has 0 aromatic carbocycles. The molecule has 1 fully saturated rings. The van der Waals surface area contributed by atoms with E-state index in [1.807, 2.05) is 0 Å². The molecule has 1 aromatic rings. The van der Waals surface area contributed by atoms with Crippen molar-refractivity contribution in [3.63, 3.8) is 0 Å². The van der Waals surface area contributed by atoms with Gasteiger partial charge in [0.05, 0.1) is 13.2 Å². The summed E-state index contributed by atoms with van der Waals surface area (Å²) < 4.78 is 0. The molecule has 1 saturated carbocycles. The van der Waals surface area contributed by atoms with Gasteiger partial charge in [-0.1, -0.05) is 31.1 Å². The van der Waals surface area contributed by atoms with E-state index in [2.05, 4.69) is 28.2 Å². The molecule has 4 heteroatoms. The molecule has 0 aliphatic heterocycles. The van der Waals surface area contributed by atoms with Crippen LogP contribution >= 0.6 is 11.3 Å². The third-order valence-corrected chi connectivity index (χ3v) is 4.88. The van der Waals surface area contributed by atoms with Crippen molar-refractivity contribution in [1.82, 2.24) is 4.90 Å². The van der Waals surface area contributed by atoms with Crippen LogP contribution in [0.5, 0.6) is 0 Å². The molecule has 0 radical (unpaired) electrons. The van der Waals surface area contributed by atoms with Crippen LogP contribution in [0.15, 0.2) is 11.4 Å². The van der Waals surface area contributed by atoms with Crippen molar-refractivity contribution in [1.29, 1.82) is 0 Å². The van der Waals surface area contributed by atoms with Crippen LogP contribution in [0.4, 0.5) is 0 Å². The van der Waals surface area contributed by atoms with Gasteiger partial charge in [0.25, 0.3) is 0 Å². The Labute approximate surface area is 131 Å². The summed E-state index contributed by atoms with van der Waals surface area (Å²) in [7, 11) is 0. The lowest BCUT2D eigenvalue weighted by atomic mass is 9.94. The van der Waals surface area contributed by atoms with E-state index >= 15 is 0 Å². The summed E-state index contributed by atoms with van der Waals surface area (Å²) in [6.07, 6.45) is 7.03. The lowest BCUT2D eigenvalue weighted by Crippen LogP contribution is -2.38. The first kappa shape index (κ1) is 16.5. The summed E-state index contributed by atoms with van der Waals surface area (Å²) in [5, 5.41) is 20.1. The van der Waals surface area contributed by atoms with Crippen molar-refractivity contribution in [2.24, 2.45) is 0 Å². The van der Waals surface area contributed by atoms with Crippen molar-refractivity contribution in [3.05, 3.63) is 21.9 Å². The molecular formula is C17H25NO2S. The van der Waals surface area contributed by atoms with Crippen LogP contribution in [0.2, 0.25) is 0 Å². The van der Waals surface area contributed by atoms with Crippen LogP contribution in [0.1, 0.15) is 49.0 Å². The fourth-order valence-corrected chi connectivity index (χ4v) is 3.76. The van der Waals surface area contributed by atoms with Crippen molar-refractivity contribution in [2.75, 3.05) is 19.8 Å². The minimum Gasteiger partial charge on any atom is -0.395 e. The van der Waals surface area contributed by atoms with Gasteiger partial charge in [-0.15, -0.1) is 11.3 Å². The molecule has 2 N–H and O–H groups in total. The van der Waals surface area contributed by atoms with E-state index in [9.17, 15) is 5.11 Å². The Morgan fingerprint density at radius 2 is 2.00 bits per heavy atom. The molecule has 3 nitrogen and oxygen atoms in total. The molecular weight excluding hydrogens is 282 g/mol. The van der Waals surface area contributed by atoms with Gasteiger partial charge < -0.3 is 10.2 Å². The molecule has 2 rings (SSSR count). The van der Waals surface area contributed by atoms with Crippen molar-refractivity contribution in [2.45, 2.75) is 51.1 Å². The molecule has 116 valence electrons. The maximum atomic E-state index is 9.31. The maximum Gasteiger partial charge on any atom is 0.0558 e. The van der Waals surface area contributed by atoms with Crippen LogP contribution < -0.4 is 0 Å². The van der Waals surface area contributed by atoms with E-state index in [-0.39, 0.29) is 13.2 Å². The van der Waals surface area contributed by atoms with Gasteiger partial charge in [0.15, 0.2) is 0 Å². The number of aliphatic hydroxyl groups is 2. The van der Waals surface area contributed by atoms with Gasteiger partial charge in [-0.05, 0) is 18.9 Å². The van der Waals surface area contributed by atoms with Crippen molar-refractivity contribution >= 4 is 11.3 Å². The monoisotopic (exact) mass is 307 g/mol. The maximum absolute atomic E-state index is 9.31. The molecule has 0 spiro atoms. The van der Waals surface area contributed by atoms with Gasteiger partial charge in [-0.25, -0.2) is 0 Å². The topological polar surface area (TPSA) is 43.7 Å². The second-order valence-electron chi connectivity index (χ2n) is 5.56. The SMILES string of the molecule is OCCC#Cc1csc(CN(CCO)C2CCCCC2)c1. The molecule has 0 saturated heterocycles. The summed E-state index contributed by atoms with van der Waals surface area (Å²) in [5.74, 6) is 6.04. The van der Waals surface area contributed by atoms with Crippen LogP contribution in [0.25, 0.3) is 0 Å². The van der Waals surface area contributed by atoms with E-state index in [1.54, 1.807) is 11.3 Å². The highest BCUT2D eigenvalue weighted by molar-refractivity contribution is 7.10. The number of rotatable bonds is 6. The minimum absolute atomic E-state index is 0.121. The highest BCUT2D eigenvalue weighted by atomic mass is 32.1. The molecule has 0 amide bonds. The van der Waals surface area contributed by atoms with E-state index in [0.29, 0.717) is 12.5 Å². The zero-order valence-electron chi connectivity index (χ0n) is 12.6. The average Bonchev–Trinajstić information content (AvgIpc) is 2.96. The second-order valence-corrected chi connectivity index (χ2v) is 6.56. The smallest absolute Gasteiger partial charge is 0.0558 e. The van der Waals surface area contributed by atoms with Gasteiger partial charge in [-0.3, -0.25) is 4.90 Å². The first-order valence-electron chi connectivity index (χ1n) is 7.85. The predicted octanol–water partition coefficient (Wildman–Crippen LogP) is 2.61. The molecule has 1 aromatic heterocycles.